The first-order chi connectivity index (χ1) is 7.99. The van der Waals surface area contributed by atoms with E-state index in [2.05, 4.69) is 20.9 Å². The Morgan fingerprint density at radius 2 is 2.12 bits per heavy atom. The van der Waals surface area contributed by atoms with Crippen molar-refractivity contribution in [3.63, 3.8) is 0 Å². The number of nitrogens with one attached hydrogen (secondary N) is 1. The Labute approximate surface area is 106 Å². The molecule has 0 aliphatic rings. The van der Waals surface area contributed by atoms with Gasteiger partial charge in [-0.2, -0.15) is 0 Å². The maximum atomic E-state index is 11.6. The van der Waals surface area contributed by atoms with Crippen molar-refractivity contribution in [2.75, 3.05) is 0 Å². The molecule has 4 nitrogen and oxygen atoms in total. The van der Waals surface area contributed by atoms with Crippen LogP contribution in [0.4, 0.5) is 0 Å². The number of hydrogen-bond acceptors (Lipinski definition) is 3. The number of pyridine rings is 1. The number of benzene rings is 1. The molecule has 0 atom stereocenters. The van der Waals surface area contributed by atoms with Gasteiger partial charge in [-0.1, -0.05) is 0 Å². The second-order valence-electron chi connectivity index (χ2n) is 3.69. The third kappa shape index (κ3) is 2.24. The Kier molecular flexibility index (Phi) is 3.02. The molecule has 0 radical (unpaired) electrons. The van der Waals surface area contributed by atoms with Gasteiger partial charge in [-0.25, -0.2) is 0 Å². The first-order valence-corrected chi connectivity index (χ1v) is 5.79. The molecular weight excluding hydrogens is 286 g/mol. The second-order valence-corrected chi connectivity index (χ2v) is 4.49. The van der Waals surface area contributed by atoms with E-state index in [1.165, 1.54) is 6.92 Å². The molecule has 0 amide bonds. The van der Waals surface area contributed by atoms with Crippen LogP contribution in [-0.4, -0.2) is 11.0 Å². The van der Waals surface area contributed by atoms with Gasteiger partial charge >= 0.3 is 5.97 Å². The lowest BCUT2D eigenvalue weighted by atomic mass is 10.1. The zero-order valence-electron chi connectivity index (χ0n) is 9.33. The fourth-order valence-electron chi connectivity index (χ4n) is 1.65. The number of halogens is 1. The van der Waals surface area contributed by atoms with Crippen molar-refractivity contribution in [2.24, 2.45) is 0 Å². The summed E-state index contributed by atoms with van der Waals surface area (Å²) >= 11 is 3.23. The minimum Gasteiger partial charge on any atom is -0.427 e. The van der Waals surface area contributed by atoms with Crippen molar-refractivity contribution in [2.45, 2.75) is 13.8 Å². The SMILES string of the molecule is CC(=O)Oc1ccc2c(C)c(Br)c(=O)[nH]c2c1. The van der Waals surface area contributed by atoms with Gasteiger partial charge in [0, 0.05) is 18.4 Å². The average Bonchev–Trinajstić information content (AvgIpc) is 2.25. The lowest BCUT2D eigenvalue weighted by molar-refractivity contribution is -0.131. The van der Waals surface area contributed by atoms with Crippen LogP contribution < -0.4 is 10.3 Å². The van der Waals surface area contributed by atoms with Gasteiger partial charge in [-0.15, -0.1) is 0 Å². The smallest absolute Gasteiger partial charge is 0.308 e. The summed E-state index contributed by atoms with van der Waals surface area (Å²) < 4.78 is 5.48. The summed E-state index contributed by atoms with van der Waals surface area (Å²) in [5, 5.41) is 0.910. The number of aromatic amines is 1. The Morgan fingerprint density at radius 1 is 1.41 bits per heavy atom. The standard InChI is InChI=1S/C12H10BrNO3/c1-6-9-4-3-8(17-7(2)15)5-10(9)14-12(16)11(6)13/h3-5H,1-2H3,(H,14,16). The number of hydrogen-bond donors (Lipinski definition) is 1. The van der Waals surface area contributed by atoms with Crippen molar-refractivity contribution in [1.82, 2.24) is 4.98 Å². The quantitative estimate of drug-likeness (QED) is 0.650. The fraction of sp³-hybridized carbons (Fsp3) is 0.167. The van der Waals surface area contributed by atoms with Crippen molar-refractivity contribution in [1.29, 1.82) is 0 Å². The molecule has 88 valence electrons. The molecule has 1 heterocycles. The molecule has 0 aliphatic carbocycles. The van der Waals surface area contributed by atoms with Crippen LogP contribution in [0.1, 0.15) is 12.5 Å². The number of fused-ring (bicyclic) bond motifs is 1. The summed E-state index contributed by atoms with van der Waals surface area (Å²) in [5.74, 6) is 0.0305. The van der Waals surface area contributed by atoms with Crippen molar-refractivity contribution < 1.29 is 9.53 Å². The van der Waals surface area contributed by atoms with E-state index >= 15 is 0 Å². The number of rotatable bonds is 1. The third-order valence-corrected chi connectivity index (χ3v) is 3.39. The van der Waals surface area contributed by atoms with Gasteiger partial charge in [-0.05, 0) is 40.5 Å². The molecule has 2 aromatic rings. The number of aromatic nitrogens is 1. The summed E-state index contributed by atoms with van der Waals surface area (Å²) in [4.78, 5) is 25.1. The Hall–Kier alpha value is -1.62. The molecular formula is C12H10BrNO3. The Morgan fingerprint density at radius 3 is 2.76 bits per heavy atom. The topological polar surface area (TPSA) is 59.2 Å². The predicted molar refractivity (Wildman–Crippen MR) is 68.3 cm³/mol. The molecule has 1 aromatic heterocycles. The highest BCUT2D eigenvalue weighted by Crippen LogP contribution is 2.24. The van der Waals surface area contributed by atoms with Crippen molar-refractivity contribution >= 4 is 32.8 Å². The second kappa shape index (κ2) is 4.33. The fourth-order valence-corrected chi connectivity index (χ4v) is 1.96. The maximum absolute atomic E-state index is 11.6. The molecule has 0 fully saturated rings. The predicted octanol–water partition coefficient (Wildman–Crippen LogP) is 2.52. The average molecular weight is 296 g/mol. The molecule has 17 heavy (non-hydrogen) atoms. The number of esters is 1. The van der Waals surface area contributed by atoms with Crippen LogP contribution in [0.15, 0.2) is 27.5 Å². The van der Waals surface area contributed by atoms with Crippen LogP contribution >= 0.6 is 15.9 Å². The van der Waals surface area contributed by atoms with E-state index in [-0.39, 0.29) is 11.5 Å². The van der Waals surface area contributed by atoms with Gasteiger partial charge in [0.25, 0.3) is 5.56 Å². The van der Waals surface area contributed by atoms with Crippen LogP contribution in [0.2, 0.25) is 0 Å². The van der Waals surface area contributed by atoms with E-state index in [1.54, 1.807) is 12.1 Å². The highest BCUT2D eigenvalue weighted by molar-refractivity contribution is 9.10. The normalized spacial score (nSPS) is 10.5. The largest absolute Gasteiger partial charge is 0.427 e. The summed E-state index contributed by atoms with van der Waals surface area (Å²) in [6.07, 6.45) is 0. The number of carbonyl (C=O) groups excluding carboxylic acids is 1. The molecule has 0 spiro atoms. The third-order valence-electron chi connectivity index (χ3n) is 2.43. The van der Waals surface area contributed by atoms with E-state index < -0.39 is 0 Å². The van der Waals surface area contributed by atoms with Crippen LogP contribution in [0.5, 0.6) is 5.75 Å². The van der Waals surface area contributed by atoms with Crippen LogP contribution in [0.3, 0.4) is 0 Å². The Bertz CT molecular complexity index is 661. The number of ether oxygens (including phenoxy) is 1. The van der Waals surface area contributed by atoms with E-state index in [1.807, 2.05) is 13.0 Å². The number of H-pyrrole nitrogens is 1. The van der Waals surface area contributed by atoms with E-state index in [0.29, 0.717) is 15.7 Å². The summed E-state index contributed by atoms with van der Waals surface area (Å²) in [6.45, 7) is 3.19. The van der Waals surface area contributed by atoms with Crippen LogP contribution in [-0.2, 0) is 4.79 Å². The highest BCUT2D eigenvalue weighted by atomic mass is 79.9. The van der Waals surface area contributed by atoms with Crippen molar-refractivity contribution in [3.05, 3.63) is 38.6 Å². The van der Waals surface area contributed by atoms with Crippen LogP contribution in [0, 0.1) is 6.92 Å². The molecule has 0 bridgehead atoms. The van der Waals surface area contributed by atoms with Crippen LogP contribution in [0.25, 0.3) is 10.9 Å². The lowest BCUT2D eigenvalue weighted by Crippen LogP contribution is -2.09. The zero-order valence-corrected chi connectivity index (χ0v) is 10.9. The molecule has 2 rings (SSSR count). The molecule has 0 unspecified atom stereocenters. The van der Waals surface area contributed by atoms with E-state index in [9.17, 15) is 9.59 Å². The van der Waals surface area contributed by atoms with Gasteiger partial charge in [0.15, 0.2) is 0 Å². The molecule has 0 aliphatic heterocycles. The highest BCUT2D eigenvalue weighted by Gasteiger charge is 2.07. The summed E-state index contributed by atoms with van der Waals surface area (Å²) in [7, 11) is 0. The van der Waals surface area contributed by atoms with E-state index in [4.69, 9.17) is 4.74 Å². The van der Waals surface area contributed by atoms with Crippen molar-refractivity contribution in [3.8, 4) is 5.75 Å². The van der Waals surface area contributed by atoms with Gasteiger partial charge < -0.3 is 9.72 Å². The monoisotopic (exact) mass is 295 g/mol. The van der Waals surface area contributed by atoms with E-state index in [0.717, 1.165) is 10.9 Å². The maximum Gasteiger partial charge on any atom is 0.308 e. The van der Waals surface area contributed by atoms with Gasteiger partial charge in [0.2, 0.25) is 0 Å². The Balaban J connectivity index is 2.67. The first kappa shape index (κ1) is 11.9. The molecule has 1 N–H and O–H groups in total. The summed E-state index contributed by atoms with van der Waals surface area (Å²) in [6, 6.07) is 5.14. The molecule has 5 heteroatoms. The van der Waals surface area contributed by atoms with Gasteiger partial charge in [0.05, 0.1) is 9.99 Å². The lowest BCUT2D eigenvalue weighted by Gasteiger charge is -2.06. The minimum atomic E-state index is -0.388. The first-order valence-electron chi connectivity index (χ1n) is 4.99. The summed E-state index contributed by atoms with van der Waals surface area (Å²) in [5.41, 5.74) is 1.31. The molecule has 1 aromatic carbocycles. The molecule has 0 saturated heterocycles. The van der Waals surface area contributed by atoms with Gasteiger partial charge in [-0.3, -0.25) is 9.59 Å². The number of carbonyl (C=O) groups is 1. The zero-order chi connectivity index (χ0) is 12.6. The molecule has 0 saturated carbocycles. The van der Waals surface area contributed by atoms with Gasteiger partial charge in [0.1, 0.15) is 5.75 Å². The minimum absolute atomic E-state index is 0.199. The number of aryl methyl sites for hydroxylation is 1.